The predicted octanol–water partition coefficient (Wildman–Crippen LogP) is 3.23. The normalized spacial score (nSPS) is 14.0. The van der Waals surface area contributed by atoms with Crippen LogP contribution in [0.1, 0.15) is 25.5 Å². The van der Waals surface area contributed by atoms with Gasteiger partial charge in [0.05, 0.1) is 0 Å². The Kier molecular flexibility index (Phi) is 4.35. The molecule has 84 valence electrons. The lowest BCUT2D eigenvalue weighted by Gasteiger charge is -2.29. The number of halogens is 2. The van der Waals surface area contributed by atoms with E-state index < -0.39 is 0 Å². The average Bonchev–Trinajstić information content (AvgIpc) is 2.21. The molecule has 1 rings (SSSR count). The van der Waals surface area contributed by atoms with Gasteiger partial charge >= 0.3 is 0 Å². The van der Waals surface area contributed by atoms with E-state index in [-0.39, 0.29) is 18.1 Å². The van der Waals surface area contributed by atoms with Gasteiger partial charge in [0.1, 0.15) is 0 Å². The molecule has 0 aliphatic heterocycles. The minimum absolute atomic E-state index is 0.0713. The first-order valence-electron chi connectivity index (χ1n) is 4.70. The first kappa shape index (κ1) is 13.2. The maximum Gasteiger partial charge on any atom is 0.0500 e. The lowest BCUT2D eigenvalue weighted by molar-refractivity contribution is 0.132. The molecule has 0 unspecified atom stereocenters. The first-order valence-corrected chi connectivity index (χ1v) is 6.28. The second-order valence-electron chi connectivity index (χ2n) is 4.30. The van der Waals surface area contributed by atoms with Crippen molar-refractivity contribution in [2.45, 2.75) is 19.9 Å². The van der Waals surface area contributed by atoms with Crippen molar-refractivity contribution in [3.05, 3.63) is 32.7 Å². The summed E-state index contributed by atoms with van der Waals surface area (Å²) in [6, 6.07) is 5.72. The molecule has 0 amide bonds. The summed E-state index contributed by atoms with van der Waals surface area (Å²) in [4.78, 5) is 0. The number of hydrogen-bond acceptors (Lipinski definition) is 2. The lowest BCUT2D eigenvalue weighted by atomic mass is 9.82. The largest absolute Gasteiger partial charge is 0.396 e. The molecule has 2 nitrogen and oxygen atoms in total. The molecule has 0 saturated carbocycles. The van der Waals surface area contributed by atoms with Gasteiger partial charge in [-0.05, 0) is 49.6 Å². The van der Waals surface area contributed by atoms with E-state index in [0.717, 1.165) is 14.5 Å². The summed E-state index contributed by atoms with van der Waals surface area (Å²) in [6.07, 6.45) is 0. The molecule has 1 aromatic carbocycles. The SMILES string of the molecule is CC(C)(CO)[C@@H](N)c1ccc(Br)c(Br)c1. The van der Waals surface area contributed by atoms with Gasteiger partial charge in [0.15, 0.2) is 0 Å². The third-order valence-electron chi connectivity index (χ3n) is 2.55. The molecule has 0 saturated heterocycles. The monoisotopic (exact) mass is 335 g/mol. The highest BCUT2D eigenvalue weighted by atomic mass is 79.9. The smallest absolute Gasteiger partial charge is 0.0500 e. The van der Waals surface area contributed by atoms with Crippen LogP contribution in [0.5, 0.6) is 0 Å². The van der Waals surface area contributed by atoms with Gasteiger partial charge in [-0.25, -0.2) is 0 Å². The van der Waals surface area contributed by atoms with Gasteiger partial charge in [-0.15, -0.1) is 0 Å². The van der Waals surface area contributed by atoms with Crippen LogP contribution in [0.3, 0.4) is 0 Å². The van der Waals surface area contributed by atoms with Crippen LogP contribution in [-0.2, 0) is 0 Å². The summed E-state index contributed by atoms with van der Waals surface area (Å²) in [5.41, 5.74) is 6.81. The molecule has 0 heterocycles. The van der Waals surface area contributed by atoms with Crippen molar-refractivity contribution in [3.8, 4) is 0 Å². The van der Waals surface area contributed by atoms with Crippen LogP contribution < -0.4 is 5.73 Å². The number of rotatable bonds is 3. The summed E-state index contributed by atoms with van der Waals surface area (Å²) in [6.45, 7) is 3.98. The Morgan fingerprint density at radius 1 is 1.33 bits per heavy atom. The van der Waals surface area contributed by atoms with Crippen molar-refractivity contribution in [1.82, 2.24) is 0 Å². The van der Waals surface area contributed by atoms with Crippen molar-refractivity contribution in [2.24, 2.45) is 11.1 Å². The molecule has 0 fully saturated rings. The van der Waals surface area contributed by atoms with Crippen molar-refractivity contribution in [2.75, 3.05) is 6.61 Å². The average molecular weight is 337 g/mol. The Hall–Kier alpha value is 0.1000. The molecule has 0 aromatic heterocycles. The van der Waals surface area contributed by atoms with Crippen LogP contribution in [0, 0.1) is 5.41 Å². The molecule has 3 N–H and O–H groups in total. The second-order valence-corrected chi connectivity index (χ2v) is 6.01. The molecular formula is C11H15Br2NO. The minimum atomic E-state index is -0.312. The van der Waals surface area contributed by atoms with Gasteiger partial charge < -0.3 is 10.8 Å². The summed E-state index contributed by atoms with van der Waals surface area (Å²) >= 11 is 6.85. The molecule has 1 aromatic rings. The van der Waals surface area contributed by atoms with E-state index in [1.807, 2.05) is 32.0 Å². The summed E-state index contributed by atoms with van der Waals surface area (Å²) in [5, 5.41) is 9.25. The lowest BCUT2D eigenvalue weighted by Crippen LogP contribution is -2.32. The fourth-order valence-corrected chi connectivity index (χ4v) is 1.90. The Morgan fingerprint density at radius 2 is 1.93 bits per heavy atom. The fraction of sp³-hybridized carbons (Fsp3) is 0.455. The van der Waals surface area contributed by atoms with Gasteiger partial charge in [0.2, 0.25) is 0 Å². The van der Waals surface area contributed by atoms with E-state index in [1.54, 1.807) is 0 Å². The zero-order chi connectivity index (χ0) is 11.6. The number of hydrogen-bond donors (Lipinski definition) is 2. The van der Waals surface area contributed by atoms with Gasteiger partial charge in [-0.3, -0.25) is 0 Å². The summed E-state index contributed by atoms with van der Waals surface area (Å²) in [7, 11) is 0. The quantitative estimate of drug-likeness (QED) is 0.890. The summed E-state index contributed by atoms with van der Waals surface area (Å²) < 4.78 is 1.98. The van der Waals surface area contributed by atoms with Crippen molar-refractivity contribution in [3.63, 3.8) is 0 Å². The molecule has 0 radical (unpaired) electrons. The van der Waals surface area contributed by atoms with E-state index in [9.17, 15) is 5.11 Å². The number of nitrogens with two attached hydrogens (primary N) is 1. The maximum absolute atomic E-state index is 9.25. The van der Waals surface area contributed by atoms with Crippen LogP contribution in [0.2, 0.25) is 0 Å². The molecule has 0 bridgehead atoms. The standard InChI is InChI=1S/C11H15Br2NO/c1-11(2,6-15)10(14)7-3-4-8(12)9(13)5-7/h3-5,10,15H,6,14H2,1-2H3/t10-/m0/s1. The third kappa shape index (κ3) is 3.03. The van der Waals surface area contributed by atoms with E-state index in [0.29, 0.717) is 0 Å². The fourth-order valence-electron chi connectivity index (χ4n) is 1.26. The van der Waals surface area contributed by atoms with Gasteiger partial charge in [0, 0.05) is 27.0 Å². The first-order chi connectivity index (χ1) is 6.88. The van der Waals surface area contributed by atoms with Crippen LogP contribution in [0.25, 0.3) is 0 Å². The second kappa shape index (κ2) is 4.95. The van der Waals surface area contributed by atoms with E-state index >= 15 is 0 Å². The molecule has 0 aliphatic rings. The Balaban J connectivity index is 3.02. The van der Waals surface area contributed by atoms with Crippen LogP contribution in [-0.4, -0.2) is 11.7 Å². The van der Waals surface area contributed by atoms with Crippen LogP contribution >= 0.6 is 31.9 Å². The summed E-state index contributed by atoms with van der Waals surface area (Å²) in [5.74, 6) is 0. The van der Waals surface area contributed by atoms with Crippen LogP contribution in [0.4, 0.5) is 0 Å². The molecule has 15 heavy (non-hydrogen) atoms. The van der Waals surface area contributed by atoms with Gasteiger partial charge in [-0.2, -0.15) is 0 Å². The number of benzene rings is 1. The number of aliphatic hydroxyl groups is 1. The zero-order valence-electron chi connectivity index (χ0n) is 8.80. The van der Waals surface area contributed by atoms with Crippen molar-refractivity contribution < 1.29 is 5.11 Å². The molecule has 0 aliphatic carbocycles. The number of aliphatic hydroxyl groups excluding tert-OH is 1. The van der Waals surface area contributed by atoms with Crippen molar-refractivity contribution >= 4 is 31.9 Å². The van der Waals surface area contributed by atoms with E-state index in [1.165, 1.54) is 0 Å². The predicted molar refractivity (Wildman–Crippen MR) is 69.6 cm³/mol. The topological polar surface area (TPSA) is 46.2 Å². The third-order valence-corrected chi connectivity index (χ3v) is 4.43. The molecule has 4 heteroatoms. The minimum Gasteiger partial charge on any atom is -0.396 e. The maximum atomic E-state index is 9.25. The molecular weight excluding hydrogens is 322 g/mol. The van der Waals surface area contributed by atoms with Gasteiger partial charge in [-0.1, -0.05) is 19.9 Å². The van der Waals surface area contributed by atoms with Crippen LogP contribution in [0.15, 0.2) is 27.1 Å². The Labute approximate surface area is 107 Å². The van der Waals surface area contributed by atoms with E-state index in [2.05, 4.69) is 31.9 Å². The Morgan fingerprint density at radius 3 is 2.40 bits per heavy atom. The molecule has 0 spiro atoms. The Bertz CT molecular complexity index is 352. The highest BCUT2D eigenvalue weighted by molar-refractivity contribution is 9.13. The van der Waals surface area contributed by atoms with Gasteiger partial charge in [0.25, 0.3) is 0 Å². The van der Waals surface area contributed by atoms with Crippen molar-refractivity contribution in [1.29, 1.82) is 0 Å². The van der Waals surface area contributed by atoms with E-state index in [4.69, 9.17) is 5.73 Å². The zero-order valence-corrected chi connectivity index (χ0v) is 12.0. The molecule has 1 atom stereocenters. The highest BCUT2D eigenvalue weighted by Gasteiger charge is 2.27. The highest BCUT2D eigenvalue weighted by Crippen LogP contribution is 2.33.